The van der Waals surface area contributed by atoms with E-state index in [-0.39, 0.29) is 0 Å². The Kier molecular flexibility index (Phi) is 1.98. The molecule has 9 aliphatic carbocycles. The molecule has 0 nitrogen and oxygen atoms in total. The molecule has 4 atom stereocenters. The molecule has 0 amide bonds. The van der Waals surface area contributed by atoms with Crippen LogP contribution in [0.4, 0.5) is 0 Å². The Morgan fingerprint density at radius 1 is 0.622 bits per heavy atom. The van der Waals surface area contributed by atoms with E-state index in [4.69, 9.17) is 0 Å². The van der Waals surface area contributed by atoms with Crippen LogP contribution in [0.15, 0.2) is 23.8 Å². The van der Waals surface area contributed by atoms with Gasteiger partial charge in [0.15, 0.2) is 0 Å². The van der Waals surface area contributed by atoms with Crippen molar-refractivity contribution in [2.75, 3.05) is 0 Å². The third-order valence-electron chi connectivity index (χ3n) is 13.0. The van der Waals surface area contributed by atoms with Crippen LogP contribution in [-0.2, 0) is 6.42 Å². The Hall–Kier alpha value is -3.38. The van der Waals surface area contributed by atoms with Crippen LogP contribution in [0.5, 0.6) is 0 Å². The zero-order valence-corrected chi connectivity index (χ0v) is 20.6. The largest absolute Gasteiger partial charge is 0.0728 e. The molecular formula is C37H22. The monoisotopic (exact) mass is 466 g/mol. The maximum absolute atomic E-state index is 2.74. The van der Waals surface area contributed by atoms with Gasteiger partial charge in [0.1, 0.15) is 0 Å². The third-order valence-corrected chi connectivity index (χ3v) is 13.0. The molecule has 0 saturated heterocycles. The zero-order valence-electron chi connectivity index (χ0n) is 20.6. The molecule has 0 heteroatoms. The number of benzene rings is 3. The standard InChI is InChI=1S/C37H22/c1-3-14-7-17-9-19-11-20-10-18-8-15-4-2-13-6-16-5-12(1)23-21(14)30-25(17)27(19)34-28(20)26(18)31-22(15)24(13)33-29(16)32(23)35(30)37(34)36(31)33/h5-7,9,12,15,17,25H,1-4,8,10-11H2. The van der Waals surface area contributed by atoms with Crippen LogP contribution in [0, 0.1) is 5.92 Å². The predicted octanol–water partition coefficient (Wildman–Crippen LogP) is 5.59. The molecular weight excluding hydrogens is 444 g/mol. The van der Waals surface area contributed by atoms with Crippen LogP contribution in [0.2, 0.25) is 0 Å². The molecule has 5 aromatic rings. The van der Waals surface area contributed by atoms with Gasteiger partial charge >= 0.3 is 0 Å². The van der Waals surface area contributed by atoms with Crippen molar-refractivity contribution in [1.29, 1.82) is 0 Å². The molecule has 170 valence electrons. The fourth-order valence-corrected chi connectivity index (χ4v) is 12.2. The minimum Gasteiger partial charge on any atom is -0.0728 e. The molecule has 0 heterocycles. The molecule has 0 radical (unpaired) electrons. The predicted molar refractivity (Wildman–Crippen MR) is 151 cm³/mol. The van der Waals surface area contributed by atoms with Gasteiger partial charge in [-0.05, 0) is 159 Å². The van der Waals surface area contributed by atoms with Gasteiger partial charge in [0, 0.05) is 17.8 Å². The minimum absolute atomic E-state index is 0.591. The molecule has 4 unspecified atom stereocenters. The number of allylic oxidation sites excluding steroid dienone is 4. The summed E-state index contributed by atoms with van der Waals surface area (Å²) in [5.74, 6) is 2.55. The van der Waals surface area contributed by atoms with E-state index in [2.05, 4.69) is 24.3 Å². The van der Waals surface area contributed by atoms with E-state index in [0.717, 1.165) is 5.92 Å². The zero-order chi connectivity index (χ0) is 22.8. The van der Waals surface area contributed by atoms with Crippen molar-refractivity contribution in [3.63, 3.8) is 0 Å². The fourth-order valence-electron chi connectivity index (χ4n) is 12.2. The van der Waals surface area contributed by atoms with Crippen molar-refractivity contribution in [2.45, 2.75) is 62.7 Å². The van der Waals surface area contributed by atoms with Crippen LogP contribution >= 0.6 is 0 Å². The van der Waals surface area contributed by atoms with Gasteiger partial charge in [0.2, 0.25) is 0 Å². The van der Waals surface area contributed by atoms with Crippen molar-refractivity contribution in [3.8, 4) is 0 Å². The highest BCUT2D eigenvalue weighted by atomic mass is 14.5. The summed E-state index contributed by atoms with van der Waals surface area (Å²) in [5.41, 5.74) is 17.5. The van der Waals surface area contributed by atoms with Crippen LogP contribution < -0.4 is 20.9 Å². The van der Waals surface area contributed by atoms with Gasteiger partial charge in [0.05, 0.1) is 0 Å². The number of hydrogen-bond donors (Lipinski definition) is 0. The SMILES string of the molecule is C1=C2CC3=c4c5c6c7c8c(cc9c%10c%11c%12c%13c%14c%11c(c4=C2C%14C1C=C%13CCC%12C=9)c6c8%10)CCC7CC=5C3. The maximum atomic E-state index is 2.74. The van der Waals surface area contributed by atoms with Gasteiger partial charge in [-0.25, -0.2) is 0 Å². The van der Waals surface area contributed by atoms with Gasteiger partial charge in [0.25, 0.3) is 0 Å². The van der Waals surface area contributed by atoms with Crippen molar-refractivity contribution in [3.05, 3.63) is 72.5 Å². The van der Waals surface area contributed by atoms with Crippen molar-refractivity contribution < 1.29 is 0 Å². The summed E-state index contributed by atoms with van der Waals surface area (Å²) in [6.07, 6.45) is 17.2. The number of hydrogen-bond acceptors (Lipinski definition) is 0. The van der Waals surface area contributed by atoms with Crippen molar-refractivity contribution >= 4 is 71.5 Å². The lowest BCUT2D eigenvalue weighted by Crippen LogP contribution is -2.45. The molecule has 5 aromatic carbocycles. The highest BCUT2D eigenvalue weighted by Crippen LogP contribution is 2.64. The topological polar surface area (TPSA) is 0 Å². The molecule has 37 heavy (non-hydrogen) atoms. The Balaban J connectivity index is 1.51. The second-order valence-electron chi connectivity index (χ2n) is 14.0. The smallest absolute Gasteiger partial charge is 0.0209 e. The van der Waals surface area contributed by atoms with Gasteiger partial charge < -0.3 is 0 Å². The molecule has 0 fully saturated rings. The van der Waals surface area contributed by atoms with Crippen LogP contribution in [0.1, 0.15) is 84.1 Å². The van der Waals surface area contributed by atoms with Gasteiger partial charge in [-0.2, -0.15) is 0 Å². The van der Waals surface area contributed by atoms with Gasteiger partial charge in [-0.15, -0.1) is 0 Å². The summed E-state index contributed by atoms with van der Waals surface area (Å²) in [7, 11) is 0. The van der Waals surface area contributed by atoms with Crippen molar-refractivity contribution in [2.24, 2.45) is 5.92 Å². The second kappa shape index (κ2) is 4.45. The number of rotatable bonds is 0. The summed E-state index contributed by atoms with van der Waals surface area (Å²) in [5, 5.41) is 20.5. The normalized spacial score (nSPS) is 30.9. The van der Waals surface area contributed by atoms with Crippen LogP contribution in [-0.4, -0.2) is 0 Å². The molecule has 0 aliphatic heterocycles. The summed E-state index contributed by atoms with van der Waals surface area (Å²) in [4.78, 5) is 0. The quantitative estimate of drug-likeness (QED) is 0.261. The van der Waals surface area contributed by atoms with E-state index in [0.29, 0.717) is 17.8 Å². The Bertz CT molecular complexity index is 2540. The molecule has 0 saturated carbocycles. The highest BCUT2D eigenvalue weighted by molar-refractivity contribution is 6.41. The summed E-state index contributed by atoms with van der Waals surface area (Å²) >= 11 is 0. The summed E-state index contributed by atoms with van der Waals surface area (Å²) < 4.78 is 0. The summed E-state index contributed by atoms with van der Waals surface area (Å²) in [6, 6.07) is 2.68. The lowest BCUT2D eigenvalue weighted by molar-refractivity contribution is 0.627. The molecule has 0 bridgehead atoms. The molecule has 0 aromatic heterocycles. The third kappa shape index (κ3) is 1.28. The Morgan fingerprint density at radius 3 is 2.54 bits per heavy atom. The van der Waals surface area contributed by atoms with E-state index in [1.54, 1.807) is 114 Å². The van der Waals surface area contributed by atoms with Gasteiger partial charge in [-0.1, -0.05) is 35.4 Å². The van der Waals surface area contributed by atoms with Crippen LogP contribution in [0.25, 0.3) is 71.5 Å². The summed E-state index contributed by atoms with van der Waals surface area (Å²) in [6.45, 7) is 0. The van der Waals surface area contributed by atoms with E-state index >= 15 is 0 Å². The first-order chi connectivity index (χ1) is 18.3. The van der Waals surface area contributed by atoms with Crippen molar-refractivity contribution in [1.82, 2.24) is 0 Å². The molecule has 9 aliphatic rings. The van der Waals surface area contributed by atoms with E-state index < -0.39 is 0 Å². The van der Waals surface area contributed by atoms with Crippen LogP contribution in [0.3, 0.4) is 0 Å². The van der Waals surface area contributed by atoms with E-state index in [1.165, 1.54) is 44.9 Å². The van der Waals surface area contributed by atoms with Gasteiger partial charge in [-0.3, -0.25) is 0 Å². The number of aryl methyl sites for hydroxylation is 1. The molecule has 14 rings (SSSR count). The highest BCUT2D eigenvalue weighted by Gasteiger charge is 2.49. The second-order valence-corrected chi connectivity index (χ2v) is 14.0. The minimum atomic E-state index is 0.591. The lowest BCUT2D eigenvalue weighted by Gasteiger charge is -2.34. The Morgan fingerprint density at radius 2 is 1.54 bits per heavy atom. The Labute approximate surface area is 212 Å². The molecule has 0 spiro atoms. The first-order valence-corrected chi connectivity index (χ1v) is 14.9. The fraction of sp³-hybridized carbons (Fsp3) is 0.297. The first-order valence-electron chi connectivity index (χ1n) is 14.9. The average molecular weight is 467 g/mol. The average Bonchev–Trinajstić information content (AvgIpc) is 3.65. The molecule has 0 N–H and O–H groups in total. The maximum Gasteiger partial charge on any atom is 0.0209 e. The lowest BCUT2D eigenvalue weighted by atomic mass is 9.68. The first kappa shape index (κ1) is 16.5. The van der Waals surface area contributed by atoms with E-state index in [9.17, 15) is 0 Å². The van der Waals surface area contributed by atoms with E-state index in [1.807, 2.05) is 5.57 Å².